The highest BCUT2D eigenvalue weighted by molar-refractivity contribution is 5.67. The molecule has 2 aromatic rings. The van der Waals surface area contributed by atoms with E-state index in [1.54, 1.807) is 0 Å². The molecule has 1 fully saturated rings. The minimum Gasteiger partial charge on any atom is -0.399 e. The zero-order valence-corrected chi connectivity index (χ0v) is 11.3. The SMILES string of the molecule is Nc1cccc(-c2ccc(C3CCCCC3)cc2)c1. The van der Waals surface area contributed by atoms with Crippen molar-refractivity contribution in [3.8, 4) is 11.1 Å². The number of nitrogen functional groups attached to an aromatic ring is 1. The molecule has 1 aliphatic carbocycles. The molecule has 1 saturated carbocycles. The van der Waals surface area contributed by atoms with Crippen LogP contribution in [0.15, 0.2) is 48.5 Å². The summed E-state index contributed by atoms with van der Waals surface area (Å²) in [4.78, 5) is 0. The summed E-state index contributed by atoms with van der Waals surface area (Å²) < 4.78 is 0. The first-order valence-electron chi connectivity index (χ1n) is 7.29. The van der Waals surface area contributed by atoms with E-state index in [0.29, 0.717) is 0 Å². The Hall–Kier alpha value is -1.76. The Bertz CT molecular complexity index is 536. The van der Waals surface area contributed by atoms with Crippen LogP contribution in [0, 0.1) is 0 Å². The van der Waals surface area contributed by atoms with E-state index in [1.807, 2.05) is 18.2 Å². The van der Waals surface area contributed by atoms with Gasteiger partial charge in [0.2, 0.25) is 0 Å². The van der Waals surface area contributed by atoms with Gasteiger partial charge in [0.1, 0.15) is 0 Å². The van der Waals surface area contributed by atoms with E-state index in [1.165, 1.54) is 48.8 Å². The van der Waals surface area contributed by atoms with Gasteiger partial charge in [-0.05, 0) is 47.6 Å². The van der Waals surface area contributed by atoms with Gasteiger partial charge < -0.3 is 5.73 Å². The third-order valence-electron chi connectivity index (χ3n) is 4.21. The highest BCUT2D eigenvalue weighted by atomic mass is 14.5. The lowest BCUT2D eigenvalue weighted by Crippen LogP contribution is -2.04. The van der Waals surface area contributed by atoms with E-state index < -0.39 is 0 Å². The standard InChI is InChI=1S/C18H21N/c19-18-8-4-7-17(13-18)16-11-9-15(10-12-16)14-5-2-1-3-6-14/h4,7-14H,1-3,5-6,19H2. The van der Waals surface area contributed by atoms with Crippen LogP contribution in [0.4, 0.5) is 5.69 Å². The molecule has 1 heteroatoms. The zero-order chi connectivity index (χ0) is 13.1. The second-order valence-electron chi connectivity index (χ2n) is 5.58. The lowest BCUT2D eigenvalue weighted by atomic mass is 9.84. The van der Waals surface area contributed by atoms with Crippen LogP contribution in [0.1, 0.15) is 43.6 Å². The first-order chi connectivity index (χ1) is 9.33. The van der Waals surface area contributed by atoms with Gasteiger partial charge in [0.25, 0.3) is 0 Å². The van der Waals surface area contributed by atoms with E-state index in [9.17, 15) is 0 Å². The molecule has 3 rings (SSSR count). The molecule has 0 radical (unpaired) electrons. The highest BCUT2D eigenvalue weighted by Crippen LogP contribution is 2.33. The van der Waals surface area contributed by atoms with Crippen molar-refractivity contribution in [2.45, 2.75) is 38.0 Å². The molecule has 0 bridgehead atoms. The predicted molar refractivity (Wildman–Crippen MR) is 82.1 cm³/mol. The molecule has 19 heavy (non-hydrogen) atoms. The van der Waals surface area contributed by atoms with Gasteiger partial charge in [-0.1, -0.05) is 55.7 Å². The van der Waals surface area contributed by atoms with Gasteiger partial charge in [0, 0.05) is 5.69 Å². The molecule has 0 heterocycles. The minimum atomic E-state index is 0.781. The normalized spacial score (nSPS) is 16.4. The highest BCUT2D eigenvalue weighted by Gasteiger charge is 2.15. The average Bonchev–Trinajstić information content (AvgIpc) is 2.48. The first-order valence-corrected chi connectivity index (χ1v) is 7.29. The lowest BCUT2D eigenvalue weighted by molar-refractivity contribution is 0.443. The number of nitrogens with two attached hydrogens (primary N) is 1. The summed E-state index contributed by atoms with van der Waals surface area (Å²) in [6, 6.07) is 17.2. The minimum absolute atomic E-state index is 0.781. The van der Waals surface area contributed by atoms with Gasteiger partial charge >= 0.3 is 0 Å². The van der Waals surface area contributed by atoms with Crippen molar-refractivity contribution in [3.63, 3.8) is 0 Å². The molecule has 1 nitrogen and oxygen atoms in total. The molecule has 0 aliphatic heterocycles. The van der Waals surface area contributed by atoms with E-state index in [0.717, 1.165) is 11.6 Å². The predicted octanol–water partition coefficient (Wildman–Crippen LogP) is 4.98. The molecular formula is C18H21N. The third kappa shape index (κ3) is 2.81. The summed E-state index contributed by atoms with van der Waals surface area (Å²) >= 11 is 0. The molecule has 0 aromatic heterocycles. The Kier molecular flexibility index (Phi) is 3.54. The van der Waals surface area contributed by atoms with Crippen molar-refractivity contribution >= 4 is 5.69 Å². The number of anilines is 1. The zero-order valence-electron chi connectivity index (χ0n) is 11.3. The van der Waals surface area contributed by atoms with Crippen LogP contribution >= 0.6 is 0 Å². The Morgan fingerprint density at radius 3 is 2.21 bits per heavy atom. The maximum absolute atomic E-state index is 5.84. The summed E-state index contributed by atoms with van der Waals surface area (Å²) in [5.41, 5.74) is 10.6. The third-order valence-corrected chi connectivity index (χ3v) is 4.21. The van der Waals surface area contributed by atoms with Crippen LogP contribution in [-0.2, 0) is 0 Å². The van der Waals surface area contributed by atoms with Crippen molar-refractivity contribution in [1.29, 1.82) is 0 Å². The Labute approximate surface area is 115 Å². The summed E-state index contributed by atoms with van der Waals surface area (Å²) in [6.45, 7) is 0. The molecule has 0 saturated heterocycles. The van der Waals surface area contributed by atoms with E-state index in [-0.39, 0.29) is 0 Å². The van der Waals surface area contributed by atoms with Crippen molar-refractivity contribution in [3.05, 3.63) is 54.1 Å². The fraction of sp³-hybridized carbons (Fsp3) is 0.333. The van der Waals surface area contributed by atoms with Crippen LogP contribution in [0.2, 0.25) is 0 Å². The summed E-state index contributed by atoms with van der Waals surface area (Å²) in [7, 11) is 0. The number of hydrogen-bond donors (Lipinski definition) is 1. The average molecular weight is 251 g/mol. The molecule has 0 amide bonds. The largest absolute Gasteiger partial charge is 0.399 e. The van der Waals surface area contributed by atoms with Gasteiger partial charge in [-0.25, -0.2) is 0 Å². The molecule has 0 spiro atoms. The second-order valence-corrected chi connectivity index (χ2v) is 5.58. The van der Waals surface area contributed by atoms with Crippen LogP contribution in [0.5, 0.6) is 0 Å². The smallest absolute Gasteiger partial charge is 0.0320 e. The topological polar surface area (TPSA) is 26.0 Å². The van der Waals surface area contributed by atoms with Crippen LogP contribution in [0.25, 0.3) is 11.1 Å². The molecule has 2 N–H and O–H groups in total. The van der Waals surface area contributed by atoms with Gasteiger partial charge in [-0.2, -0.15) is 0 Å². The Morgan fingerprint density at radius 2 is 1.53 bits per heavy atom. The quantitative estimate of drug-likeness (QED) is 0.748. The van der Waals surface area contributed by atoms with Crippen LogP contribution < -0.4 is 5.73 Å². The second kappa shape index (κ2) is 5.48. The molecule has 98 valence electrons. The van der Waals surface area contributed by atoms with E-state index >= 15 is 0 Å². The van der Waals surface area contributed by atoms with Gasteiger partial charge in [-0.15, -0.1) is 0 Å². The fourth-order valence-corrected chi connectivity index (χ4v) is 3.10. The van der Waals surface area contributed by atoms with Crippen molar-refractivity contribution in [1.82, 2.24) is 0 Å². The molecule has 0 atom stereocenters. The Morgan fingerprint density at radius 1 is 0.789 bits per heavy atom. The monoisotopic (exact) mass is 251 g/mol. The Balaban J connectivity index is 1.82. The molecule has 1 aliphatic rings. The molecular weight excluding hydrogens is 230 g/mol. The maximum Gasteiger partial charge on any atom is 0.0320 e. The number of hydrogen-bond acceptors (Lipinski definition) is 1. The molecule has 2 aromatic carbocycles. The summed E-state index contributed by atoms with van der Waals surface area (Å²) in [6.07, 6.45) is 6.91. The van der Waals surface area contributed by atoms with Crippen molar-refractivity contribution < 1.29 is 0 Å². The van der Waals surface area contributed by atoms with Crippen LogP contribution in [-0.4, -0.2) is 0 Å². The summed E-state index contributed by atoms with van der Waals surface area (Å²) in [5.74, 6) is 0.781. The molecule has 0 unspecified atom stereocenters. The van der Waals surface area contributed by atoms with Crippen LogP contribution in [0.3, 0.4) is 0 Å². The number of rotatable bonds is 2. The lowest BCUT2D eigenvalue weighted by Gasteiger charge is -2.22. The van der Waals surface area contributed by atoms with E-state index in [4.69, 9.17) is 5.73 Å². The first kappa shape index (κ1) is 12.3. The van der Waals surface area contributed by atoms with Crippen molar-refractivity contribution in [2.24, 2.45) is 0 Å². The van der Waals surface area contributed by atoms with Gasteiger partial charge in [0.15, 0.2) is 0 Å². The van der Waals surface area contributed by atoms with Gasteiger partial charge in [0.05, 0.1) is 0 Å². The fourth-order valence-electron chi connectivity index (χ4n) is 3.10. The maximum atomic E-state index is 5.84. The summed E-state index contributed by atoms with van der Waals surface area (Å²) in [5, 5.41) is 0. The van der Waals surface area contributed by atoms with Gasteiger partial charge in [-0.3, -0.25) is 0 Å². The van der Waals surface area contributed by atoms with E-state index in [2.05, 4.69) is 30.3 Å². The van der Waals surface area contributed by atoms with Crippen molar-refractivity contribution in [2.75, 3.05) is 5.73 Å². The number of benzene rings is 2.